The van der Waals surface area contributed by atoms with Gasteiger partial charge in [0, 0.05) is 12.5 Å². The van der Waals surface area contributed by atoms with E-state index in [0.717, 1.165) is 23.3 Å². The molecule has 2 heteroatoms. The predicted molar refractivity (Wildman–Crippen MR) is 64.0 cm³/mol. The zero-order chi connectivity index (χ0) is 11.3. The highest BCUT2D eigenvalue weighted by molar-refractivity contribution is 5.28. The van der Waals surface area contributed by atoms with E-state index in [1.807, 2.05) is 38.1 Å². The lowest BCUT2D eigenvalue weighted by atomic mass is 10.1. The van der Waals surface area contributed by atoms with Crippen molar-refractivity contribution in [2.24, 2.45) is 5.73 Å². The second-order valence-electron chi connectivity index (χ2n) is 3.91. The molecule has 0 spiro atoms. The first kappa shape index (κ1) is 11.8. The molecule has 82 valence electrons. The number of hydrogen-bond donors (Lipinski definition) is 1. The van der Waals surface area contributed by atoms with Crippen LogP contribution in [0.4, 0.5) is 0 Å². The fourth-order valence-electron chi connectivity index (χ4n) is 1.21. The van der Waals surface area contributed by atoms with Crippen LogP contribution in [-0.2, 0) is 0 Å². The van der Waals surface area contributed by atoms with Crippen LogP contribution in [0.25, 0.3) is 0 Å². The van der Waals surface area contributed by atoms with E-state index in [4.69, 9.17) is 10.5 Å². The van der Waals surface area contributed by atoms with E-state index in [1.54, 1.807) is 0 Å². The van der Waals surface area contributed by atoms with Crippen LogP contribution in [0.15, 0.2) is 36.4 Å². The summed E-state index contributed by atoms with van der Waals surface area (Å²) in [5, 5.41) is 0. The minimum absolute atomic E-state index is 0.0782. The molecule has 1 aromatic carbocycles. The third kappa shape index (κ3) is 4.17. The van der Waals surface area contributed by atoms with Crippen molar-refractivity contribution in [1.29, 1.82) is 0 Å². The lowest BCUT2D eigenvalue weighted by Crippen LogP contribution is -2.04. The molecule has 0 aliphatic carbocycles. The molecule has 1 atom stereocenters. The molecule has 0 amide bonds. The Morgan fingerprint density at radius 3 is 2.47 bits per heavy atom. The third-order valence-corrected chi connectivity index (χ3v) is 2.20. The zero-order valence-corrected chi connectivity index (χ0v) is 9.49. The third-order valence-electron chi connectivity index (χ3n) is 2.20. The Morgan fingerprint density at radius 2 is 2.00 bits per heavy atom. The average molecular weight is 205 g/mol. The summed E-state index contributed by atoms with van der Waals surface area (Å²) < 4.78 is 5.55. The van der Waals surface area contributed by atoms with Crippen molar-refractivity contribution in [3.05, 3.63) is 42.0 Å². The Bertz CT molecular complexity index is 314. The molecule has 0 bridgehead atoms. The van der Waals surface area contributed by atoms with Crippen molar-refractivity contribution in [2.45, 2.75) is 26.3 Å². The summed E-state index contributed by atoms with van der Waals surface area (Å²) in [6.45, 7) is 8.49. The van der Waals surface area contributed by atoms with Gasteiger partial charge in [-0.3, -0.25) is 0 Å². The molecule has 1 aromatic rings. The van der Waals surface area contributed by atoms with Crippen LogP contribution in [0, 0.1) is 0 Å². The van der Waals surface area contributed by atoms with E-state index in [-0.39, 0.29) is 6.04 Å². The van der Waals surface area contributed by atoms with Crippen LogP contribution in [0.5, 0.6) is 5.75 Å². The first-order chi connectivity index (χ1) is 7.09. The van der Waals surface area contributed by atoms with Crippen LogP contribution < -0.4 is 10.5 Å². The van der Waals surface area contributed by atoms with Gasteiger partial charge in [0.2, 0.25) is 0 Å². The summed E-state index contributed by atoms with van der Waals surface area (Å²) in [5.41, 5.74) is 8.02. The standard InChI is InChI=1S/C13H19NO/c1-10(2)8-9-15-13-6-4-12(5-7-13)11(3)14/h4-7,11H,1,8-9,14H2,2-3H3. The SMILES string of the molecule is C=C(C)CCOc1ccc(C(C)N)cc1. The summed E-state index contributed by atoms with van der Waals surface area (Å²) in [7, 11) is 0. The number of ether oxygens (including phenoxy) is 1. The lowest BCUT2D eigenvalue weighted by molar-refractivity contribution is 0.321. The summed E-state index contributed by atoms with van der Waals surface area (Å²) in [5.74, 6) is 0.889. The van der Waals surface area contributed by atoms with Gasteiger partial charge in [-0.1, -0.05) is 17.7 Å². The van der Waals surface area contributed by atoms with Gasteiger partial charge in [-0.2, -0.15) is 0 Å². The molecular weight excluding hydrogens is 186 g/mol. The van der Waals surface area contributed by atoms with E-state index < -0.39 is 0 Å². The van der Waals surface area contributed by atoms with E-state index in [0.29, 0.717) is 6.61 Å². The monoisotopic (exact) mass is 205 g/mol. The maximum Gasteiger partial charge on any atom is 0.119 e. The van der Waals surface area contributed by atoms with Crippen molar-refractivity contribution in [2.75, 3.05) is 6.61 Å². The van der Waals surface area contributed by atoms with Gasteiger partial charge >= 0.3 is 0 Å². The van der Waals surface area contributed by atoms with E-state index in [9.17, 15) is 0 Å². The quantitative estimate of drug-likeness (QED) is 0.750. The average Bonchev–Trinajstić information content (AvgIpc) is 2.18. The first-order valence-electron chi connectivity index (χ1n) is 5.22. The molecule has 0 aliphatic heterocycles. The molecule has 0 aliphatic rings. The minimum atomic E-state index is 0.0782. The maximum atomic E-state index is 5.75. The van der Waals surface area contributed by atoms with E-state index in [2.05, 4.69) is 6.58 Å². The van der Waals surface area contributed by atoms with E-state index >= 15 is 0 Å². The van der Waals surface area contributed by atoms with Crippen LogP contribution in [-0.4, -0.2) is 6.61 Å². The zero-order valence-electron chi connectivity index (χ0n) is 9.49. The van der Waals surface area contributed by atoms with Gasteiger partial charge in [-0.05, 0) is 31.5 Å². The molecule has 0 saturated carbocycles. The van der Waals surface area contributed by atoms with Gasteiger partial charge in [0.05, 0.1) is 6.61 Å². The fourth-order valence-corrected chi connectivity index (χ4v) is 1.21. The number of nitrogens with two attached hydrogens (primary N) is 1. The highest BCUT2D eigenvalue weighted by Crippen LogP contribution is 2.16. The minimum Gasteiger partial charge on any atom is -0.493 e. The predicted octanol–water partition coefficient (Wildman–Crippen LogP) is 3.05. The molecule has 0 saturated heterocycles. The summed E-state index contributed by atoms with van der Waals surface area (Å²) in [6.07, 6.45) is 0.898. The Labute approximate surface area is 91.7 Å². The Kier molecular flexibility index (Phi) is 4.37. The van der Waals surface area contributed by atoms with Crippen molar-refractivity contribution in [1.82, 2.24) is 0 Å². The molecule has 1 unspecified atom stereocenters. The highest BCUT2D eigenvalue weighted by atomic mass is 16.5. The lowest BCUT2D eigenvalue weighted by Gasteiger charge is -2.08. The van der Waals surface area contributed by atoms with Gasteiger partial charge in [-0.15, -0.1) is 6.58 Å². The van der Waals surface area contributed by atoms with Crippen molar-refractivity contribution in [3.63, 3.8) is 0 Å². The van der Waals surface area contributed by atoms with Gasteiger partial charge in [0.25, 0.3) is 0 Å². The Hall–Kier alpha value is -1.28. The van der Waals surface area contributed by atoms with E-state index in [1.165, 1.54) is 0 Å². The van der Waals surface area contributed by atoms with Crippen molar-refractivity contribution in [3.8, 4) is 5.75 Å². The number of benzene rings is 1. The van der Waals surface area contributed by atoms with Gasteiger partial charge in [-0.25, -0.2) is 0 Å². The van der Waals surface area contributed by atoms with Gasteiger partial charge < -0.3 is 10.5 Å². The van der Waals surface area contributed by atoms with Crippen LogP contribution in [0.1, 0.15) is 31.9 Å². The second kappa shape index (κ2) is 5.56. The normalized spacial score (nSPS) is 12.2. The molecular formula is C13H19NO. The smallest absolute Gasteiger partial charge is 0.119 e. The van der Waals surface area contributed by atoms with Crippen molar-refractivity contribution < 1.29 is 4.74 Å². The molecule has 0 aromatic heterocycles. The van der Waals surface area contributed by atoms with Crippen molar-refractivity contribution >= 4 is 0 Å². The highest BCUT2D eigenvalue weighted by Gasteiger charge is 1.99. The molecule has 2 nitrogen and oxygen atoms in total. The van der Waals surface area contributed by atoms with Crippen LogP contribution in [0.2, 0.25) is 0 Å². The topological polar surface area (TPSA) is 35.2 Å². The molecule has 0 radical (unpaired) electrons. The molecule has 0 fully saturated rings. The molecule has 15 heavy (non-hydrogen) atoms. The molecule has 0 heterocycles. The number of hydrogen-bond acceptors (Lipinski definition) is 2. The Morgan fingerprint density at radius 1 is 1.40 bits per heavy atom. The van der Waals surface area contributed by atoms with Gasteiger partial charge in [0.15, 0.2) is 0 Å². The first-order valence-corrected chi connectivity index (χ1v) is 5.22. The van der Waals surface area contributed by atoms with Crippen LogP contribution >= 0.6 is 0 Å². The molecule has 2 N–H and O–H groups in total. The van der Waals surface area contributed by atoms with Gasteiger partial charge in [0.1, 0.15) is 5.75 Å². The summed E-state index contributed by atoms with van der Waals surface area (Å²) >= 11 is 0. The largest absolute Gasteiger partial charge is 0.493 e. The summed E-state index contributed by atoms with van der Waals surface area (Å²) in [6, 6.07) is 7.99. The van der Waals surface area contributed by atoms with Crippen LogP contribution in [0.3, 0.4) is 0 Å². The Balaban J connectivity index is 2.46. The number of rotatable bonds is 5. The summed E-state index contributed by atoms with van der Waals surface area (Å²) in [4.78, 5) is 0. The fraction of sp³-hybridized carbons (Fsp3) is 0.385. The molecule has 1 rings (SSSR count). The maximum absolute atomic E-state index is 5.75. The second-order valence-corrected chi connectivity index (χ2v) is 3.91.